The fourth-order valence-corrected chi connectivity index (χ4v) is 2.46. The van der Waals surface area contributed by atoms with Crippen LogP contribution < -0.4 is 0 Å². The second-order valence-electron chi connectivity index (χ2n) is 5.37. The van der Waals surface area contributed by atoms with Gasteiger partial charge in [-0.25, -0.2) is 0 Å². The summed E-state index contributed by atoms with van der Waals surface area (Å²) < 4.78 is 0. The average Bonchev–Trinajstić information content (AvgIpc) is 2.60. The number of phenols is 1. The number of aliphatic hydroxyl groups excluding tert-OH is 4. The summed E-state index contributed by atoms with van der Waals surface area (Å²) in [7, 11) is 0. The number of hydrogen-bond acceptors (Lipinski definition) is 7. The van der Waals surface area contributed by atoms with Gasteiger partial charge in [-0.05, 0) is 53.4 Å². The Morgan fingerprint density at radius 1 is 0.750 bits per heavy atom. The van der Waals surface area contributed by atoms with E-state index in [4.69, 9.17) is 0 Å². The first-order chi connectivity index (χ1) is 11.5. The highest BCUT2D eigenvalue weighted by Crippen LogP contribution is 2.33. The fraction of sp³-hybridized carbons (Fsp3) is 0.294. The Morgan fingerprint density at radius 2 is 1.33 bits per heavy atom. The van der Waals surface area contributed by atoms with Crippen molar-refractivity contribution in [2.45, 2.75) is 33.4 Å². The lowest BCUT2D eigenvalue weighted by molar-refractivity contribution is 0.248. The Morgan fingerprint density at radius 3 is 1.83 bits per heavy atom. The van der Waals surface area contributed by atoms with E-state index in [1.165, 1.54) is 0 Å². The van der Waals surface area contributed by atoms with Crippen LogP contribution in [0.5, 0.6) is 5.75 Å². The van der Waals surface area contributed by atoms with Gasteiger partial charge in [0.05, 0.1) is 32.1 Å². The summed E-state index contributed by atoms with van der Waals surface area (Å²) in [5.74, 6) is -0.149. The molecule has 0 bridgehead atoms. The molecule has 0 saturated carbocycles. The standard InChI is InChI=1S/C17H20N2O5/c1-10-2-13(8-22)17(24)16(3-10)19-18-14-4-11(6-20)15(9-23)12(5-14)7-21/h2-5,20-24H,6-9H2,1H3. The van der Waals surface area contributed by atoms with E-state index in [-0.39, 0.29) is 37.9 Å². The van der Waals surface area contributed by atoms with Crippen molar-refractivity contribution >= 4 is 11.4 Å². The maximum atomic E-state index is 10.0. The number of aliphatic hydroxyl groups is 4. The van der Waals surface area contributed by atoms with Crippen molar-refractivity contribution in [1.82, 2.24) is 0 Å². The Balaban J connectivity index is 2.44. The van der Waals surface area contributed by atoms with Gasteiger partial charge < -0.3 is 25.5 Å². The molecule has 0 unspecified atom stereocenters. The first-order valence-electron chi connectivity index (χ1n) is 7.36. The fourth-order valence-electron chi connectivity index (χ4n) is 2.46. The van der Waals surface area contributed by atoms with Crippen molar-refractivity contribution in [2.24, 2.45) is 10.2 Å². The average molecular weight is 332 g/mol. The van der Waals surface area contributed by atoms with Gasteiger partial charge in [0.15, 0.2) is 0 Å². The summed E-state index contributed by atoms with van der Waals surface area (Å²) in [6.45, 7) is 0.570. The van der Waals surface area contributed by atoms with E-state index in [9.17, 15) is 25.5 Å². The van der Waals surface area contributed by atoms with Crippen LogP contribution in [0.3, 0.4) is 0 Å². The molecule has 0 spiro atoms. The van der Waals surface area contributed by atoms with E-state index in [0.717, 1.165) is 5.56 Å². The molecule has 0 radical (unpaired) electrons. The minimum Gasteiger partial charge on any atom is -0.505 e. The summed E-state index contributed by atoms with van der Waals surface area (Å²) in [6.07, 6.45) is 0. The molecule has 128 valence electrons. The summed E-state index contributed by atoms with van der Waals surface area (Å²) in [5.41, 5.74) is 3.10. The Labute approximate surface area is 139 Å². The van der Waals surface area contributed by atoms with Crippen molar-refractivity contribution in [3.8, 4) is 5.75 Å². The van der Waals surface area contributed by atoms with Crippen LogP contribution >= 0.6 is 0 Å². The number of rotatable bonds is 6. The molecule has 2 rings (SSSR count). The van der Waals surface area contributed by atoms with Gasteiger partial charge in [-0.3, -0.25) is 0 Å². The van der Waals surface area contributed by atoms with Crippen molar-refractivity contribution in [3.63, 3.8) is 0 Å². The zero-order chi connectivity index (χ0) is 17.7. The molecular weight excluding hydrogens is 312 g/mol. The first kappa shape index (κ1) is 18.0. The van der Waals surface area contributed by atoms with E-state index in [1.54, 1.807) is 31.2 Å². The predicted octanol–water partition coefficient (Wildman–Crippen LogP) is 2.09. The predicted molar refractivity (Wildman–Crippen MR) is 87.2 cm³/mol. The number of aryl methyl sites for hydroxylation is 1. The smallest absolute Gasteiger partial charge is 0.148 e. The van der Waals surface area contributed by atoms with Crippen LogP contribution in [0.25, 0.3) is 0 Å². The molecule has 2 aromatic rings. The third-order valence-electron chi connectivity index (χ3n) is 3.67. The maximum absolute atomic E-state index is 10.0. The van der Waals surface area contributed by atoms with Gasteiger partial charge in [0.1, 0.15) is 11.4 Å². The largest absolute Gasteiger partial charge is 0.505 e. The number of nitrogens with zero attached hydrogens (tertiary/aromatic N) is 2. The summed E-state index contributed by atoms with van der Waals surface area (Å²) in [5, 5.41) is 55.4. The number of aromatic hydroxyl groups is 1. The number of hydrogen-bond donors (Lipinski definition) is 5. The molecule has 0 aliphatic rings. The molecule has 0 atom stereocenters. The number of benzene rings is 2. The van der Waals surface area contributed by atoms with Gasteiger partial charge in [-0.1, -0.05) is 0 Å². The molecule has 0 heterocycles. The molecular formula is C17H20N2O5. The second-order valence-corrected chi connectivity index (χ2v) is 5.37. The lowest BCUT2D eigenvalue weighted by Gasteiger charge is -2.11. The molecule has 0 aliphatic carbocycles. The molecule has 0 fully saturated rings. The second kappa shape index (κ2) is 7.98. The molecule has 0 saturated heterocycles. The van der Waals surface area contributed by atoms with Gasteiger partial charge in [0.25, 0.3) is 0 Å². The number of azo groups is 1. The van der Waals surface area contributed by atoms with Crippen LogP contribution in [-0.2, 0) is 26.4 Å². The topological polar surface area (TPSA) is 126 Å². The SMILES string of the molecule is Cc1cc(CO)c(O)c(N=Nc2cc(CO)c(CO)c(CO)c2)c1. The van der Waals surface area contributed by atoms with E-state index >= 15 is 0 Å². The Bertz CT molecular complexity index is 734. The van der Waals surface area contributed by atoms with Crippen LogP contribution in [0.2, 0.25) is 0 Å². The van der Waals surface area contributed by atoms with Crippen LogP contribution in [0.1, 0.15) is 27.8 Å². The molecule has 2 aromatic carbocycles. The lowest BCUT2D eigenvalue weighted by atomic mass is 10.0. The molecule has 0 aliphatic heterocycles. The van der Waals surface area contributed by atoms with Crippen molar-refractivity contribution in [2.75, 3.05) is 0 Å². The third-order valence-corrected chi connectivity index (χ3v) is 3.67. The Hall–Kier alpha value is -2.32. The zero-order valence-electron chi connectivity index (χ0n) is 13.3. The van der Waals surface area contributed by atoms with E-state index in [0.29, 0.717) is 27.9 Å². The summed E-state index contributed by atoms with van der Waals surface area (Å²) >= 11 is 0. The highest BCUT2D eigenvalue weighted by Gasteiger charge is 2.11. The third kappa shape index (κ3) is 3.77. The zero-order valence-corrected chi connectivity index (χ0v) is 13.3. The highest BCUT2D eigenvalue weighted by atomic mass is 16.3. The molecule has 7 nitrogen and oxygen atoms in total. The van der Waals surface area contributed by atoms with Gasteiger partial charge >= 0.3 is 0 Å². The van der Waals surface area contributed by atoms with E-state index < -0.39 is 0 Å². The van der Waals surface area contributed by atoms with Crippen LogP contribution in [-0.4, -0.2) is 25.5 Å². The normalized spacial score (nSPS) is 11.4. The van der Waals surface area contributed by atoms with Gasteiger partial charge in [-0.15, -0.1) is 5.11 Å². The minimum atomic E-state index is -0.315. The highest BCUT2D eigenvalue weighted by molar-refractivity contribution is 5.57. The molecule has 5 N–H and O–H groups in total. The quantitative estimate of drug-likeness (QED) is 0.518. The van der Waals surface area contributed by atoms with Crippen LogP contribution in [0.15, 0.2) is 34.5 Å². The van der Waals surface area contributed by atoms with E-state index in [2.05, 4.69) is 10.2 Å². The first-order valence-corrected chi connectivity index (χ1v) is 7.36. The van der Waals surface area contributed by atoms with Gasteiger partial charge in [-0.2, -0.15) is 5.11 Å². The monoisotopic (exact) mass is 332 g/mol. The molecule has 7 heteroatoms. The Kier molecular flexibility index (Phi) is 5.99. The molecule has 0 aromatic heterocycles. The lowest BCUT2D eigenvalue weighted by Crippen LogP contribution is -2.00. The molecule has 0 amide bonds. The van der Waals surface area contributed by atoms with Crippen molar-refractivity contribution < 1.29 is 25.5 Å². The van der Waals surface area contributed by atoms with Gasteiger partial charge in [0.2, 0.25) is 0 Å². The van der Waals surface area contributed by atoms with Crippen LogP contribution in [0.4, 0.5) is 11.4 Å². The van der Waals surface area contributed by atoms with E-state index in [1.807, 2.05) is 0 Å². The summed E-state index contributed by atoms with van der Waals surface area (Å²) in [4.78, 5) is 0. The van der Waals surface area contributed by atoms with Crippen molar-refractivity contribution in [3.05, 3.63) is 52.1 Å². The summed E-state index contributed by atoms with van der Waals surface area (Å²) in [6, 6.07) is 6.38. The van der Waals surface area contributed by atoms with Gasteiger partial charge in [0, 0.05) is 5.56 Å². The van der Waals surface area contributed by atoms with Crippen molar-refractivity contribution in [1.29, 1.82) is 0 Å². The maximum Gasteiger partial charge on any atom is 0.148 e. The molecule has 24 heavy (non-hydrogen) atoms. The van der Waals surface area contributed by atoms with Crippen LogP contribution in [0, 0.1) is 6.92 Å². The minimum absolute atomic E-state index is 0.149.